The highest BCUT2D eigenvalue weighted by Crippen LogP contribution is 2.22. The lowest BCUT2D eigenvalue weighted by Crippen LogP contribution is -2.13. The summed E-state index contributed by atoms with van der Waals surface area (Å²) in [6.45, 7) is 2.79. The maximum absolute atomic E-state index is 12.0. The molecule has 0 amide bonds. The van der Waals surface area contributed by atoms with Crippen molar-refractivity contribution in [2.24, 2.45) is 0 Å². The van der Waals surface area contributed by atoms with Crippen LogP contribution in [0.1, 0.15) is 13.8 Å². The van der Waals surface area contributed by atoms with Crippen LogP contribution in [-0.4, -0.2) is 12.3 Å². The second-order valence-electron chi connectivity index (χ2n) is 1.95. The first-order valence-electron chi connectivity index (χ1n) is 2.88. The summed E-state index contributed by atoms with van der Waals surface area (Å²) in [6.07, 6.45) is 1.64. The molecule has 4 heteroatoms. The van der Waals surface area contributed by atoms with Crippen molar-refractivity contribution in [1.29, 1.82) is 0 Å². The zero-order valence-electron chi connectivity index (χ0n) is 6.03. The van der Waals surface area contributed by atoms with Crippen LogP contribution in [0.3, 0.4) is 0 Å². The highest BCUT2D eigenvalue weighted by atomic mass is 31.0. The maximum atomic E-state index is 12.0. The average molecular weight is 168 g/mol. The maximum Gasteiger partial charge on any atom is 0.291 e. The Morgan fingerprint density at radius 2 is 2.20 bits per heavy atom. The summed E-state index contributed by atoms with van der Waals surface area (Å²) in [7, 11) is 1.42. The highest BCUT2D eigenvalue weighted by molar-refractivity contribution is 7.18. The fraction of sp³-hybridized carbons (Fsp3) is 0.667. The molecule has 0 saturated heterocycles. The predicted molar refractivity (Wildman–Crippen MR) is 40.0 cm³/mol. The Morgan fingerprint density at radius 3 is 2.50 bits per heavy atom. The van der Waals surface area contributed by atoms with Gasteiger partial charge in [0.15, 0.2) is 6.61 Å². The van der Waals surface area contributed by atoms with Crippen LogP contribution in [0.4, 0.5) is 8.78 Å². The summed E-state index contributed by atoms with van der Waals surface area (Å²) in [5.74, 6) is 0.516. The van der Waals surface area contributed by atoms with Gasteiger partial charge in [-0.25, -0.2) is 0 Å². The van der Waals surface area contributed by atoms with Crippen molar-refractivity contribution in [2.75, 3.05) is 6.61 Å². The van der Waals surface area contributed by atoms with Crippen LogP contribution in [0.5, 0.6) is 0 Å². The minimum Gasteiger partial charge on any atom is -0.492 e. The fourth-order valence-electron chi connectivity index (χ4n) is 0.293. The lowest BCUT2D eigenvalue weighted by molar-refractivity contribution is 0.0181. The van der Waals surface area contributed by atoms with Crippen molar-refractivity contribution >= 4 is 9.24 Å². The van der Waals surface area contributed by atoms with Crippen LogP contribution in [0, 0.1) is 0 Å². The van der Waals surface area contributed by atoms with Crippen LogP contribution in [0.15, 0.2) is 11.8 Å². The van der Waals surface area contributed by atoms with Crippen LogP contribution in [-0.2, 0) is 4.74 Å². The van der Waals surface area contributed by atoms with Crippen molar-refractivity contribution in [3.63, 3.8) is 0 Å². The fourth-order valence-corrected chi connectivity index (χ4v) is 0.377. The van der Waals surface area contributed by atoms with Crippen molar-refractivity contribution in [1.82, 2.24) is 0 Å². The van der Waals surface area contributed by atoms with Crippen LogP contribution in [0.25, 0.3) is 0 Å². The molecule has 0 aliphatic rings. The first-order chi connectivity index (χ1) is 4.45. The van der Waals surface area contributed by atoms with E-state index in [1.165, 1.54) is 9.24 Å². The zero-order chi connectivity index (χ0) is 8.20. The van der Waals surface area contributed by atoms with Crippen molar-refractivity contribution in [3.05, 3.63) is 11.8 Å². The van der Waals surface area contributed by atoms with Crippen LogP contribution >= 0.6 is 9.24 Å². The third kappa shape index (κ3) is 5.96. The summed E-state index contributed by atoms with van der Waals surface area (Å²) in [4.78, 5) is 0. The third-order valence-corrected chi connectivity index (χ3v) is 1.07. The van der Waals surface area contributed by atoms with Gasteiger partial charge in [-0.2, -0.15) is 8.78 Å². The molecule has 1 nitrogen and oxygen atoms in total. The van der Waals surface area contributed by atoms with E-state index in [9.17, 15) is 8.78 Å². The second-order valence-corrected chi connectivity index (χ2v) is 2.79. The van der Waals surface area contributed by atoms with Crippen molar-refractivity contribution < 1.29 is 13.5 Å². The summed E-state index contributed by atoms with van der Waals surface area (Å²) in [5, 5.41) is 0. The Bertz CT molecular complexity index is 128. The quantitative estimate of drug-likeness (QED) is 0.464. The van der Waals surface area contributed by atoms with Gasteiger partial charge in [0.25, 0.3) is 5.66 Å². The molecule has 0 fully saturated rings. The van der Waals surface area contributed by atoms with E-state index < -0.39 is 12.3 Å². The average Bonchev–Trinajstić information content (AvgIpc) is 1.81. The Morgan fingerprint density at radius 1 is 1.70 bits per heavy atom. The van der Waals surface area contributed by atoms with E-state index in [4.69, 9.17) is 0 Å². The van der Waals surface area contributed by atoms with E-state index >= 15 is 0 Å². The third-order valence-electron chi connectivity index (χ3n) is 0.899. The first kappa shape index (κ1) is 9.83. The largest absolute Gasteiger partial charge is 0.492 e. The van der Waals surface area contributed by atoms with Gasteiger partial charge in [0.2, 0.25) is 0 Å². The molecule has 10 heavy (non-hydrogen) atoms. The van der Waals surface area contributed by atoms with Crippen LogP contribution < -0.4 is 0 Å². The predicted octanol–water partition coefficient (Wildman–Crippen LogP) is 2.39. The normalized spacial score (nSPS) is 13.5. The summed E-state index contributed by atoms with van der Waals surface area (Å²) in [6, 6.07) is 0. The summed E-state index contributed by atoms with van der Waals surface area (Å²) < 4.78 is 28.7. The van der Waals surface area contributed by atoms with E-state index in [0.29, 0.717) is 5.76 Å². The molecule has 0 N–H and O–H groups in total. The molecule has 0 aromatic carbocycles. The second kappa shape index (κ2) is 3.87. The monoisotopic (exact) mass is 168 g/mol. The molecule has 0 heterocycles. The smallest absolute Gasteiger partial charge is 0.291 e. The molecule has 0 rings (SSSR count). The molecule has 60 valence electrons. The minimum atomic E-state index is -2.82. The molecule has 0 aliphatic carbocycles. The molecule has 1 unspecified atom stereocenters. The van der Waals surface area contributed by atoms with Crippen LogP contribution in [0.2, 0.25) is 0 Å². The molecule has 0 spiro atoms. The Hall–Kier alpha value is -0.170. The van der Waals surface area contributed by atoms with Gasteiger partial charge >= 0.3 is 0 Å². The number of allylic oxidation sites excluding steroid dienone is 2. The van der Waals surface area contributed by atoms with Crippen molar-refractivity contribution in [3.8, 4) is 0 Å². The number of halogens is 2. The van der Waals surface area contributed by atoms with Gasteiger partial charge in [-0.3, -0.25) is 0 Å². The van der Waals surface area contributed by atoms with E-state index in [1.54, 1.807) is 19.9 Å². The number of ether oxygens (including phenoxy) is 1. The minimum absolute atomic E-state index is 0.516. The molecule has 1 atom stereocenters. The first-order valence-corrected chi connectivity index (χ1v) is 3.46. The van der Waals surface area contributed by atoms with Gasteiger partial charge in [0.05, 0.1) is 5.76 Å². The standard InChI is InChI=1S/C6H11F2OP/c1-3-5(2)9-4-6(7,8)10/h3H,4,10H2,1-2H3/b5-3+. The number of rotatable bonds is 3. The van der Waals surface area contributed by atoms with Gasteiger partial charge in [0, 0.05) is 0 Å². The van der Waals surface area contributed by atoms with E-state index in [1.807, 2.05) is 0 Å². The number of alkyl halides is 2. The Kier molecular flexibility index (Phi) is 3.80. The zero-order valence-corrected chi connectivity index (χ0v) is 7.18. The molecule has 0 aromatic heterocycles. The molecule has 0 aromatic rings. The van der Waals surface area contributed by atoms with E-state index in [0.717, 1.165) is 0 Å². The molecular weight excluding hydrogens is 157 g/mol. The van der Waals surface area contributed by atoms with E-state index in [-0.39, 0.29) is 0 Å². The lowest BCUT2D eigenvalue weighted by Gasteiger charge is -2.11. The SMILES string of the molecule is C/C=C(\C)OCC(F)(F)P. The van der Waals surface area contributed by atoms with Gasteiger partial charge in [0.1, 0.15) is 0 Å². The van der Waals surface area contributed by atoms with Gasteiger partial charge in [-0.15, -0.1) is 0 Å². The number of hydrogen-bond acceptors (Lipinski definition) is 1. The highest BCUT2D eigenvalue weighted by Gasteiger charge is 2.21. The summed E-state index contributed by atoms with van der Waals surface area (Å²) >= 11 is 0. The summed E-state index contributed by atoms with van der Waals surface area (Å²) in [5.41, 5.74) is -2.82. The molecule has 0 radical (unpaired) electrons. The Balaban J connectivity index is 3.56. The van der Waals surface area contributed by atoms with Gasteiger partial charge in [-0.1, -0.05) is 15.3 Å². The van der Waals surface area contributed by atoms with E-state index in [2.05, 4.69) is 4.74 Å². The molecule has 0 bridgehead atoms. The number of hydrogen-bond donors (Lipinski definition) is 0. The van der Waals surface area contributed by atoms with Gasteiger partial charge in [-0.05, 0) is 13.8 Å². The topological polar surface area (TPSA) is 9.23 Å². The molecule has 0 saturated carbocycles. The van der Waals surface area contributed by atoms with Gasteiger partial charge < -0.3 is 4.74 Å². The molecule has 0 aliphatic heterocycles. The lowest BCUT2D eigenvalue weighted by atomic mass is 10.5. The molecular formula is C6H11F2OP. The van der Waals surface area contributed by atoms with Crippen molar-refractivity contribution in [2.45, 2.75) is 19.5 Å². The Labute approximate surface area is 61.6 Å².